The molecule has 34 heavy (non-hydrogen) atoms. The molecule has 2 atom stereocenters. The van der Waals surface area contributed by atoms with E-state index in [1.807, 2.05) is 80.6 Å². The van der Waals surface area contributed by atoms with E-state index in [4.69, 9.17) is 9.47 Å². The molecule has 1 saturated heterocycles. The lowest BCUT2D eigenvalue weighted by Gasteiger charge is -2.41. The Morgan fingerprint density at radius 2 is 1.71 bits per heavy atom. The van der Waals surface area contributed by atoms with Crippen LogP contribution >= 0.6 is 0 Å². The molecular weight excluding hydrogens is 428 g/mol. The van der Waals surface area contributed by atoms with E-state index < -0.39 is 12.0 Å². The molecule has 0 bridgehead atoms. The predicted molar refractivity (Wildman–Crippen MR) is 133 cm³/mol. The third kappa shape index (κ3) is 4.62. The highest BCUT2D eigenvalue weighted by Gasteiger charge is 2.42. The monoisotopic (exact) mass is 458 g/mol. The van der Waals surface area contributed by atoms with E-state index in [9.17, 15) is 9.59 Å². The Balaban J connectivity index is 1.77. The van der Waals surface area contributed by atoms with Gasteiger partial charge in [-0.05, 0) is 62.2 Å². The van der Waals surface area contributed by atoms with Crippen LogP contribution in [0.3, 0.4) is 0 Å². The fourth-order valence-electron chi connectivity index (χ4n) is 4.66. The third-order valence-corrected chi connectivity index (χ3v) is 6.38. The van der Waals surface area contributed by atoms with Gasteiger partial charge in [0.05, 0.1) is 26.2 Å². The summed E-state index contributed by atoms with van der Waals surface area (Å²) in [5, 5.41) is 3.11. The van der Waals surface area contributed by atoms with Crippen LogP contribution in [0.4, 0.5) is 11.4 Å². The Morgan fingerprint density at radius 1 is 0.971 bits per heavy atom. The number of carbonyl (C=O) groups excluding carboxylic acids is 2. The largest absolute Gasteiger partial charge is 0.497 e. The van der Waals surface area contributed by atoms with Gasteiger partial charge >= 0.3 is 0 Å². The zero-order valence-electron chi connectivity index (χ0n) is 20.0. The van der Waals surface area contributed by atoms with E-state index in [0.717, 1.165) is 22.4 Å². The smallest absolute Gasteiger partial charge is 0.229 e. The van der Waals surface area contributed by atoms with E-state index in [1.54, 1.807) is 19.1 Å². The van der Waals surface area contributed by atoms with Gasteiger partial charge in [0.2, 0.25) is 11.8 Å². The summed E-state index contributed by atoms with van der Waals surface area (Å²) in [6, 6.07) is 20.4. The van der Waals surface area contributed by atoms with Crippen LogP contribution in [0, 0.1) is 19.8 Å². The minimum Gasteiger partial charge on any atom is -0.497 e. The van der Waals surface area contributed by atoms with Gasteiger partial charge in [-0.2, -0.15) is 0 Å². The quantitative estimate of drug-likeness (QED) is 0.534. The number of nitrogens with zero attached hydrogens (tertiary/aromatic N) is 1. The molecule has 2 amide bonds. The molecule has 1 fully saturated rings. The van der Waals surface area contributed by atoms with Gasteiger partial charge in [0.25, 0.3) is 0 Å². The van der Waals surface area contributed by atoms with Crippen molar-refractivity contribution in [1.29, 1.82) is 0 Å². The first kappa shape index (κ1) is 23.4. The van der Waals surface area contributed by atoms with Crippen LogP contribution in [-0.2, 0) is 9.59 Å². The van der Waals surface area contributed by atoms with Gasteiger partial charge < -0.3 is 19.7 Å². The van der Waals surface area contributed by atoms with Crippen LogP contribution in [-0.4, -0.2) is 26.0 Å². The maximum Gasteiger partial charge on any atom is 0.229 e. The first-order chi connectivity index (χ1) is 16.4. The van der Waals surface area contributed by atoms with Crippen LogP contribution in [0.25, 0.3) is 0 Å². The summed E-state index contributed by atoms with van der Waals surface area (Å²) in [5.74, 6) is 0.735. The highest BCUT2D eigenvalue weighted by atomic mass is 16.5. The number of aryl methyl sites for hydroxylation is 2. The van der Waals surface area contributed by atoms with Crippen LogP contribution < -0.4 is 19.7 Å². The van der Waals surface area contributed by atoms with E-state index in [-0.39, 0.29) is 18.2 Å². The topological polar surface area (TPSA) is 67.9 Å². The zero-order valence-corrected chi connectivity index (χ0v) is 20.0. The minimum absolute atomic E-state index is 0.0309. The number of benzene rings is 3. The summed E-state index contributed by atoms with van der Waals surface area (Å²) in [4.78, 5) is 28.7. The Hall–Kier alpha value is -3.80. The maximum atomic E-state index is 13.7. The fourth-order valence-corrected chi connectivity index (χ4v) is 4.66. The van der Waals surface area contributed by atoms with Crippen molar-refractivity contribution >= 4 is 23.2 Å². The Morgan fingerprint density at radius 3 is 2.38 bits per heavy atom. The van der Waals surface area contributed by atoms with Gasteiger partial charge in [0.1, 0.15) is 11.5 Å². The SMILES string of the molecule is COc1ccc(N2C(=O)CCC(C(=O)Nc3ccc(C)cc3C)C2c2ccccc2OC)cc1. The van der Waals surface area contributed by atoms with Gasteiger partial charge in [-0.15, -0.1) is 0 Å². The Labute approximate surface area is 200 Å². The number of piperidine rings is 1. The van der Waals surface area contributed by atoms with E-state index in [0.29, 0.717) is 23.6 Å². The zero-order chi connectivity index (χ0) is 24.2. The number of carbonyl (C=O) groups is 2. The number of hydrogen-bond donors (Lipinski definition) is 1. The standard InChI is InChI=1S/C28H30N2O4/c1-18-9-15-24(19(2)17-18)29-28(32)23-14-16-26(31)30(20-10-12-21(33-3)13-11-20)27(23)22-7-5-6-8-25(22)34-4/h5-13,15,17,23,27H,14,16H2,1-4H3,(H,29,32). The number of rotatable bonds is 6. The van der Waals surface area contributed by atoms with Crippen LogP contribution in [0.5, 0.6) is 11.5 Å². The fraction of sp³-hybridized carbons (Fsp3) is 0.286. The predicted octanol–water partition coefficient (Wildman–Crippen LogP) is 5.44. The second-order valence-electron chi connectivity index (χ2n) is 8.60. The van der Waals surface area contributed by atoms with Gasteiger partial charge in [0.15, 0.2) is 0 Å². The molecule has 0 aromatic heterocycles. The van der Waals surface area contributed by atoms with Crippen molar-refractivity contribution in [3.63, 3.8) is 0 Å². The number of anilines is 2. The number of ether oxygens (including phenoxy) is 2. The number of nitrogens with one attached hydrogen (secondary N) is 1. The maximum absolute atomic E-state index is 13.7. The van der Waals surface area contributed by atoms with Crippen LogP contribution in [0.1, 0.15) is 35.6 Å². The molecule has 3 aromatic rings. The highest BCUT2D eigenvalue weighted by molar-refractivity contribution is 6.00. The molecule has 2 unspecified atom stereocenters. The van der Waals surface area contributed by atoms with Crippen molar-refractivity contribution in [2.45, 2.75) is 32.7 Å². The number of para-hydroxylation sites is 1. The van der Waals surface area contributed by atoms with E-state index >= 15 is 0 Å². The molecule has 3 aromatic carbocycles. The van der Waals surface area contributed by atoms with Crippen molar-refractivity contribution < 1.29 is 19.1 Å². The minimum atomic E-state index is -0.517. The molecule has 176 valence electrons. The van der Waals surface area contributed by atoms with Crippen molar-refractivity contribution in [1.82, 2.24) is 0 Å². The molecule has 4 rings (SSSR count). The summed E-state index contributed by atoms with van der Waals surface area (Å²) in [5.41, 5.74) is 4.43. The van der Waals surface area contributed by atoms with Crippen molar-refractivity contribution in [3.05, 3.63) is 83.4 Å². The summed E-state index contributed by atoms with van der Waals surface area (Å²) >= 11 is 0. The first-order valence-electron chi connectivity index (χ1n) is 11.4. The van der Waals surface area contributed by atoms with Crippen molar-refractivity contribution in [2.24, 2.45) is 5.92 Å². The van der Waals surface area contributed by atoms with E-state index in [1.165, 1.54) is 0 Å². The summed E-state index contributed by atoms with van der Waals surface area (Å²) in [6.45, 7) is 4.00. The first-order valence-corrected chi connectivity index (χ1v) is 11.4. The molecule has 6 nitrogen and oxygen atoms in total. The molecular formula is C28H30N2O4. The average Bonchev–Trinajstić information content (AvgIpc) is 2.85. The van der Waals surface area contributed by atoms with Gasteiger partial charge in [0, 0.05) is 23.4 Å². The molecule has 0 radical (unpaired) electrons. The normalized spacial score (nSPS) is 17.9. The molecule has 1 aliphatic heterocycles. The van der Waals surface area contributed by atoms with Crippen molar-refractivity contribution in [2.75, 3.05) is 24.4 Å². The molecule has 1 heterocycles. The number of hydrogen-bond acceptors (Lipinski definition) is 4. The average molecular weight is 459 g/mol. The molecule has 6 heteroatoms. The van der Waals surface area contributed by atoms with Crippen LogP contribution in [0.15, 0.2) is 66.7 Å². The lowest BCUT2D eigenvalue weighted by Crippen LogP contribution is -2.47. The van der Waals surface area contributed by atoms with Gasteiger partial charge in [-0.1, -0.05) is 35.9 Å². The summed E-state index contributed by atoms with van der Waals surface area (Å²) in [6.07, 6.45) is 0.730. The lowest BCUT2D eigenvalue weighted by molar-refractivity contribution is -0.126. The Bertz CT molecular complexity index is 1190. The molecule has 1 aliphatic rings. The second-order valence-corrected chi connectivity index (χ2v) is 8.60. The second kappa shape index (κ2) is 10.00. The van der Waals surface area contributed by atoms with Crippen LogP contribution in [0.2, 0.25) is 0 Å². The molecule has 0 saturated carbocycles. The summed E-state index contributed by atoms with van der Waals surface area (Å²) in [7, 11) is 3.21. The molecule has 0 spiro atoms. The number of amides is 2. The van der Waals surface area contributed by atoms with Crippen molar-refractivity contribution in [3.8, 4) is 11.5 Å². The number of methoxy groups -OCH3 is 2. The lowest BCUT2D eigenvalue weighted by atomic mass is 9.82. The molecule has 0 aliphatic carbocycles. The third-order valence-electron chi connectivity index (χ3n) is 6.38. The Kier molecular flexibility index (Phi) is 6.87. The van der Waals surface area contributed by atoms with Gasteiger partial charge in [-0.25, -0.2) is 0 Å². The summed E-state index contributed by atoms with van der Waals surface area (Å²) < 4.78 is 10.9. The highest BCUT2D eigenvalue weighted by Crippen LogP contribution is 2.43. The molecule has 1 N–H and O–H groups in total. The van der Waals surface area contributed by atoms with E-state index in [2.05, 4.69) is 5.32 Å². The van der Waals surface area contributed by atoms with Gasteiger partial charge in [-0.3, -0.25) is 9.59 Å².